The van der Waals surface area contributed by atoms with Crippen LogP contribution in [-0.4, -0.2) is 15.7 Å². The van der Waals surface area contributed by atoms with Gasteiger partial charge in [0.05, 0.1) is 18.4 Å². The van der Waals surface area contributed by atoms with Crippen LogP contribution in [0.2, 0.25) is 0 Å². The van der Waals surface area contributed by atoms with Crippen molar-refractivity contribution in [2.75, 3.05) is 5.32 Å². The predicted molar refractivity (Wildman–Crippen MR) is 96.4 cm³/mol. The van der Waals surface area contributed by atoms with E-state index >= 15 is 0 Å². The SMILES string of the molecule is Cc1ccc(C(=O)Nc2cnn(Cc3ccccc3C)c2)c(C)c1. The third-order valence-electron chi connectivity index (χ3n) is 4.11. The minimum atomic E-state index is -0.108. The second-order valence-corrected chi connectivity index (χ2v) is 6.13. The van der Waals surface area contributed by atoms with Gasteiger partial charge in [-0.05, 0) is 43.5 Å². The number of anilines is 1. The van der Waals surface area contributed by atoms with Gasteiger partial charge in [-0.2, -0.15) is 5.10 Å². The average Bonchev–Trinajstić information content (AvgIpc) is 2.96. The number of nitrogens with zero attached hydrogens (tertiary/aromatic N) is 2. The third kappa shape index (κ3) is 3.54. The second-order valence-electron chi connectivity index (χ2n) is 6.13. The van der Waals surface area contributed by atoms with Crippen molar-refractivity contribution in [2.24, 2.45) is 0 Å². The Morgan fingerprint density at radius 1 is 1.08 bits per heavy atom. The molecule has 2 aromatic carbocycles. The van der Waals surface area contributed by atoms with Crippen LogP contribution in [0.25, 0.3) is 0 Å². The van der Waals surface area contributed by atoms with Crippen molar-refractivity contribution < 1.29 is 4.79 Å². The first kappa shape index (κ1) is 16.0. The minimum Gasteiger partial charge on any atom is -0.319 e. The number of carbonyl (C=O) groups excluding carboxylic acids is 1. The fourth-order valence-corrected chi connectivity index (χ4v) is 2.74. The zero-order valence-corrected chi connectivity index (χ0v) is 14.2. The normalized spacial score (nSPS) is 10.6. The summed E-state index contributed by atoms with van der Waals surface area (Å²) in [6, 6.07) is 14.0. The molecule has 0 fully saturated rings. The molecular formula is C20H21N3O. The largest absolute Gasteiger partial charge is 0.319 e. The van der Waals surface area contributed by atoms with E-state index in [1.807, 2.05) is 55.1 Å². The Bertz CT molecular complexity index is 880. The van der Waals surface area contributed by atoms with Crippen LogP contribution in [0.4, 0.5) is 5.69 Å². The van der Waals surface area contributed by atoms with Crippen LogP contribution in [0, 0.1) is 20.8 Å². The van der Waals surface area contributed by atoms with E-state index in [-0.39, 0.29) is 5.91 Å². The van der Waals surface area contributed by atoms with E-state index in [0.717, 1.165) is 11.1 Å². The molecule has 0 unspecified atom stereocenters. The van der Waals surface area contributed by atoms with E-state index in [4.69, 9.17) is 0 Å². The number of nitrogens with one attached hydrogen (secondary N) is 1. The summed E-state index contributed by atoms with van der Waals surface area (Å²) in [5.74, 6) is -0.108. The van der Waals surface area contributed by atoms with Gasteiger partial charge in [0, 0.05) is 11.8 Å². The quantitative estimate of drug-likeness (QED) is 0.786. The van der Waals surface area contributed by atoms with Gasteiger partial charge in [0.1, 0.15) is 0 Å². The number of carbonyl (C=O) groups is 1. The molecule has 1 aromatic heterocycles. The number of amides is 1. The molecule has 1 heterocycles. The van der Waals surface area contributed by atoms with E-state index in [1.165, 1.54) is 11.1 Å². The topological polar surface area (TPSA) is 46.9 Å². The molecule has 0 atom stereocenters. The highest BCUT2D eigenvalue weighted by Gasteiger charge is 2.10. The van der Waals surface area contributed by atoms with Crippen LogP contribution in [-0.2, 0) is 6.54 Å². The highest BCUT2D eigenvalue weighted by molar-refractivity contribution is 6.05. The van der Waals surface area contributed by atoms with E-state index in [9.17, 15) is 4.79 Å². The molecule has 0 spiro atoms. The Morgan fingerprint density at radius 2 is 1.88 bits per heavy atom. The molecule has 4 heteroatoms. The van der Waals surface area contributed by atoms with Crippen LogP contribution in [0.3, 0.4) is 0 Å². The molecule has 0 bridgehead atoms. The molecule has 1 N–H and O–H groups in total. The molecule has 122 valence electrons. The maximum Gasteiger partial charge on any atom is 0.256 e. The fourth-order valence-electron chi connectivity index (χ4n) is 2.74. The first-order valence-corrected chi connectivity index (χ1v) is 7.98. The summed E-state index contributed by atoms with van der Waals surface area (Å²) in [4.78, 5) is 12.4. The van der Waals surface area contributed by atoms with E-state index in [1.54, 1.807) is 6.20 Å². The Morgan fingerprint density at radius 3 is 2.62 bits per heavy atom. The number of rotatable bonds is 4. The molecule has 0 radical (unpaired) electrons. The molecule has 0 aliphatic rings. The first-order valence-electron chi connectivity index (χ1n) is 7.98. The van der Waals surface area contributed by atoms with E-state index < -0.39 is 0 Å². The number of benzene rings is 2. The molecule has 0 aliphatic heterocycles. The first-order chi connectivity index (χ1) is 11.5. The molecule has 3 aromatic rings. The number of aromatic nitrogens is 2. The summed E-state index contributed by atoms with van der Waals surface area (Å²) in [5.41, 5.74) is 5.96. The highest BCUT2D eigenvalue weighted by Crippen LogP contribution is 2.15. The average molecular weight is 319 g/mol. The van der Waals surface area contributed by atoms with Crippen molar-refractivity contribution >= 4 is 11.6 Å². The lowest BCUT2D eigenvalue weighted by Gasteiger charge is -2.07. The summed E-state index contributed by atoms with van der Waals surface area (Å²) in [6.07, 6.45) is 3.54. The van der Waals surface area contributed by atoms with Crippen molar-refractivity contribution in [3.8, 4) is 0 Å². The minimum absolute atomic E-state index is 0.108. The molecule has 3 rings (SSSR count). The summed E-state index contributed by atoms with van der Waals surface area (Å²) in [7, 11) is 0. The zero-order chi connectivity index (χ0) is 17.1. The molecule has 0 aliphatic carbocycles. The van der Waals surface area contributed by atoms with Gasteiger partial charge in [-0.3, -0.25) is 9.48 Å². The lowest BCUT2D eigenvalue weighted by atomic mass is 10.1. The molecular weight excluding hydrogens is 298 g/mol. The lowest BCUT2D eigenvalue weighted by molar-refractivity contribution is 0.102. The Balaban J connectivity index is 1.72. The van der Waals surface area contributed by atoms with Gasteiger partial charge < -0.3 is 5.32 Å². The Kier molecular flexibility index (Phi) is 4.47. The monoisotopic (exact) mass is 319 g/mol. The van der Waals surface area contributed by atoms with Gasteiger partial charge in [-0.1, -0.05) is 42.0 Å². The summed E-state index contributed by atoms with van der Waals surface area (Å²) in [5, 5.41) is 7.25. The molecule has 0 saturated heterocycles. The molecule has 0 saturated carbocycles. The Hall–Kier alpha value is -2.88. The van der Waals surface area contributed by atoms with Crippen molar-refractivity contribution in [3.05, 3.63) is 82.7 Å². The van der Waals surface area contributed by atoms with E-state index in [2.05, 4.69) is 29.5 Å². The van der Waals surface area contributed by atoms with Gasteiger partial charge >= 0.3 is 0 Å². The Labute approximate surface area is 142 Å². The van der Waals surface area contributed by atoms with Crippen LogP contribution in [0.15, 0.2) is 54.9 Å². The van der Waals surface area contributed by atoms with Crippen molar-refractivity contribution in [3.63, 3.8) is 0 Å². The van der Waals surface area contributed by atoms with Crippen LogP contribution in [0.1, 0.15) is 32.6 Å². The second kappa shape index (κ2) is 6.71. The summed E-state index contributed by atoms with van der Waals surface area (Å²) in [6.45, 7) is 6.74. The summed E-state index contributed by atoms with van der Waals surface area (Å²) < 4.78 is 1.83. The maximum atomic E-state index is 12.4. The standard InChI is InChI=1S/C20H21N3O/c1-14-8-9-19(16(3)10-14)20(24)22-18-11-21-23(13-18)12-17-7-5-4-6-15(17)2/h4-11,13H,12H2,1-3H3,(H,22,24). The van der Waals surface area contributed by atoms with Gasteiger partial charge in [-0.15, -0.1) is 0 Å². The lowest BCUT2D eigenvalue weighted by Crippen LogP contribution is -2.13. The zero-order valence-electron chi connectivity index (χ0n) is 14.2. The van der Waals surface area contributed by atoms with Crippen LogP contribution >= 0.6 is 0 Å². The molecule has 1 amide bonds. The fraction of sp³-hybridized carbons (Fsp3) is 0.200. The maximum absolute atomic E-state index is 12.4. The smallest absolute Gasteiger partial charge is 0.256 e. The number of hydrogen-bond acceptors (Lipinski definition) is 2. The summed E-state index contributed by atoms with van der Waals surface area (Å²) >= 11 is 0. The van der Waals surface area contributed by atoms with Crippen molar-refractivity contribution in [1.82, 2.24) is 9.78 Å². The van der Waals surface area contributed by atoms with Crippen LogP contribution < -0.4 is 5.32 Å². The number of hydrogen-bond donors (Lipinski definition) is 1. The third-order valence-corrected chi connectivity index (χ3v) is 4.11. The predicted octanol–water partition coefficient (Wildman–Crippen LogP) is 4.11. The number of aryl methyl sites for hydroxylation is 3. The van der Waals surface area contributed by atoms with Gasteiger partial charge in [0.15, 0.2) is 0 Å². The van der Waals surface area contributed by atoms with E-state index in [0.29, 0.717) is 17.8 Å². The van der Waals surface area contributed by atoms with Gasteiger partial charge in [-0.25, -0.2) is 0 Å². The molecule has 24 heavy (non-hydrogen) atoms. The van der Waals surface area contributed by atoms with Gasteiger partial charge in [0.25, 0.3) is 5.91 Å². The van der Waals surface area contributed by atoms with Crippen molar-refractivity contribution in [1.29, 1.82) is 0 Å². The van der Waals surface area contributed by atoms with Crippen molar-refractivity contribution in [2.45, 2.75) is 27.3 Å². The van der Waals surface area contributed by atoms with Gasteiger partial charge in [0.2, 0.25) is 0 Å². The highest BCUT2D eigenvalue weighted by atomic mass is 16.1. The van der Waals surface area contributed by atoms with Crippen LogP contribution in [0.5, 0.6) is 0 Å². The molecule has 4 nitrogen and oxygen atoms in total.